The summed E-state index contributed by atoms with van der Waals surface area (Å²) in [7, 11) is 0. The highest BCUT2D eigenvalue weighted by Gasteiger charge is 2.37. The van der Waals surface area contributed by atoms with E-state index in [0.717, 1.165) is 46.9 Å². The Morgan fingerprint density at radius 1 is 1.20 bits per heavy atom. The lowest BCUT2D eigenvalue weighted by Crippen LogP contribution is -2.41. The second-order valence-corrected chi connectivity index (χ2v) is 11.3. The van der Waals surface area contributed by atoms with Crippen molar-refractivity contribution in [1.82, 2.24) is 20.2 Å². The SMILES string of the molecule is CCCC#Cc1ccc(-c2c(C)c(C(=O)NN3CC4CCCC4C3)nn2-c2ccc(Cl)cc2Cl)s1. The summed E-state index contributed by atoms with van der Waals surface area (Å²) in [6, 6.07) is 9.36. The normalized spacial score (nSPS) is 19.4. The van der Waals surface area contributed by atoms with Crippen LogP contribution in [-0.4, -0.2) is 33.8 Å². The lowest BCUT2D eigenvalue weighted by Gasteiger charge is -2.17. The molecule has 5 nitrogen and oxygen atoms in total. The van der Waals surface area contributed by atoms with Gasteiger partial charge in [0.05, 0.1) is 26.2 Å². The zero-order chi connectivity index (χ0) is 24.5. The fraction of sp³-hybridized carbons (Fsp3) is 0.407. The van der Waals surface area contributed by atoms with Crippen molar-refractivity contribution in [2.45, 2.75) is 46.0 Å². The fourth-order valence-corrected chi connectivity index (χ4v) is 6.62. The van der Waals surface area contributed by atoms with Crippen molar-refractivity contribution in [2.75, 3.05) is 13.1 Å². The third kappa shape index (κ3) is 5.01. The topological polar surface area (TPSA) is 50.2 Å². The maximum atomic E-state index is 13.4. The minimum atomic E-state index is -0.188. The number of unbranched alkanes of at least 4 members (excludes halogenated alkanes) is 1. The van der Waals surface area contributed by atoms with Crippen LogP contribution in [0.1, 0.15) is 60.0 Å². The number of halogens is 2. The highest BCUT2D eigenvalue weighted by atomic mass is 35.5. The Bertz CT molecular complexity index is 1310. The maximum absolute atomic E-state index is 13.4. The first-order chi connectivity index (χ1) is 16.9. The van der Waals surface area contributed by atoms with E-state index in [4.69, 9.17) is 28.3 Å². The number of fused-ring (bicyclic) bond motifs is 1. The zero-order valence-electron chi connectivity index (χ0n) is 19.9. The quantitative estimate of drug-likeness (QED) is 0.374. The van der Waals surface area contributed by atoms with Gasteiger partial charge in [-0.3, -0.25) is 10.2 Å². The van der Waals surface area contributed by atoms with Gasteiger partial charge in [-0.05, 0) is 68.4 Å². The molecule has 1 saturated heterocycles. The number of aromatic nitrogens is 2. The van der Waals surface area contributed by atoms with Crippen molar-refractivity contribution in [3.05, 3.63) is 56.5 Å². The average molecular weight is 528 g/mol. The summed E-state index contributed by atoms with van der Waals surface area (Å²) in [4.78, 5) is 15.4. The third-order valence-electron chi connectivity index (χ3n) is 6.89. The number of rotatable bonds is 5. The van der Waals surface area contributed by atoms with Gasteiger partial charge in [0.2, 0.25) is 0 Å². The molecule has 2 aliphatic rings. The second-order valence-electron chi connectivity index (χ2n) is 9.34. The van der Waals surface area contributed by atoms with Crippen LogP contribution >= 0.6 is 34.5 Å². The molecule has 1 saturated carbocycles. The van der Waals surface area contributed by atoms with Crippen LogP contribution in [0.3, 0.4) is 0 Å². The van der Waals surface area contributed by atoms with Gasteiger partial charge < -0.3 is 0 Å². The maximum Gasteiger partial charge on any atom is 0.286 e. The van der Waals surface area contributed by atoms with Gasteiger partial charge in [-0.2, -0.15) is 5.10 Å². The van der Waals surface area contributed by atoms with E-state index in [-0.39, 0.29) is 5.91 Å². The van der Waals surface area contributed by atoms with Gasteiger partial charge in [-0.25, -0.2) is 9.69 Å². The van der Waals surface area contributed by atoms with E-state index in [0.29, 0.717) is 33.3 Å². The molecule has 2 fully saturated rings. The van der Waals surface area contributed by atoms with Gasteiger partial charge in [0, 0.05) is 30.1 Å². The molecule has 1 amide bonds. The van der Waals surface area contributed by atoms with Crippen LogP contribution in [0.4, 0.5) is 0 Å². The predicted molar refractivity (Wildman–Crippen MR) is 143 cm³/mol. The third-order valence-corrected chi connectivity index (χ3v) is 8.43. The molecule has 0 spiro atoms. The zero-order valence-corrected chi connectivity index (χ0v) is 22.2. The van der Waals surface area contributed by atoms with Gasteiger partial charge >= 0.3 is 0 Å². The molecule has 35 heavy (non-hydrogen) atoms. The first kappa shape index (κ1) is 24.4. The summed E-state index contributed by atoms with van der Waals surface area (Å²) in [5.74, 6) is 7.64. The smallest absolute Gasteiger partial charge is 0.283 e. The first-order valence-corrected chi connectivity index (χ1v) is 13.7. The van der Waals surface area contributed by atoms with Crippen molar-refractivity contribution in [3.8, 4) is 28.1 Å². The van der Waals surface area contributed by atoms with Crippen LogP contribution in [0.2, 0.25) is 10.0 Å². The van der Waals surface area contributed by atoms with Crippen molar-refractivity contribution in [1.29, 1.82) is 0 Å². The lowest BCUT2D eigenvalue weighted by molar-refractivity contribution is 0.0808. The van der Waals surface area contributed by atoms with Crippen molar-refractivity contribution >= 4 is 40.4 Å². The second kappa shape index (κ2) is 10.4. The van der Waals surface area contributed by atoms with Crippen molar-refractivity contribution < 1.29 is 4.79 Å². The number of benzene rings is 1. The van der Waals surface area contributed by atoms with Gasteiger partial charge in [-0.15, -0.1) is 11.3 Å². The summed E-state index contributed by atoms with van der Waals surface area (Å²) in [6.45, 7) is 5.89. The van der Waals surface area contributed by atoms with Crippen LogP contribution in [-0.2, 0) is 0 Å². The Balaban J connectivity index is 1.51. The molecule has 2 unspecified atom stereocenters. The summed E-state index contributed by atoms with van der Waals surface area (Å²) >= 11 is 14.3. The highest BCUT2D eigenvalue weighted by Crippen LogP contribution is 2.38. The standard InChI is InChI=1S/C27H28Cl2N4OS/c1-3-4-5-9-21-11-13-24(35-21)26-17(2)25(30-33(26)23-12-10-20(28)14-22(23)29)27(34)31-32-15-18-7-6-8-19(18)16-32/h10-14,18-19H,3-4,6-8,15-16H2,1-2H3,(H,31,34). The molecule has 0 radical (unpaired) electrons. The molecule has 1 aliphatic heterocycles. The monoisotopic (exact) mass is 526 g/mol. The van der Waals surface area contributed by atoms with Crippen LogP contribution < -0.4 is 5.43 Å². The molecule has 1 N–H and O–H groups in total. The minimum absolute atomic E-state index is 0.188. The van der Waals surface area contributed by atoms with Gasteiger partial charge in [-0.1, -0.05) is 48.4 Å². The Hall–Kier alpha value is -2.30. The molecule has 3 aromatic rings. The number of thiophene rings is 1. The number of hydrogen-bond donors (Lipinski definition) is 1. The number of carbonyl (C=O) groups excluding carboxylic acids is 1. The number of hydrazine groups is 1. The van der Waals surface area contributed by atoms with E-state index in [1.165, 1.54) is 19.3 Å². The summed E-state index contributed by atoms with van der Waals surface area (Å²) in [6.07, 6.45) is 5.71. The predicted octanol–water partition coefficient (Wildman–Crippen LogP) is 6.74. The molecule has 2 aromatic heterocycles. The van der Waals surface area contributed by atoms with Gasteiger partial charge in [0.15, 0.2) is 5.69 Å². The van der Waals surface area contributed by atoms with E-state index in [1.54, 1.807) is 28.2 Å². The van der Waals surface area contributed by atoms with E-state index in [2.05, 4.69) is 29.2 Å². The number of hydrogen-bond acceptors (Lipinski definition) is 4. The molecule has 8 heteroatoms. The van der Waals surface area contributed by atoms with Crippen LogP contribution in [0, 0.1) is 30.6 Å². The van der Waals surface area contributed by atoms with Crippen LogP contribution in [0.15, 0.2) is 30.3 Å². The summed E-state index contributed by atoms with van der Waals surface area (Å²) in [5.41, 5.74) is 5.84. The summed E-state index contributed by atoms with van der Waals surface area (Å²) < 4.78 is 1.76. The number of nitrogens with one attached hydrogen (secondary N) is 1. The van der Waals surface area contributed by atoms with E-state index >= 15 is 0 Å². The lowest BCUT2D eigenvalue weighted by atomic mass is 10.0. The Morgan fingerprint density at radius 2 is 1.97 bits per heavy atom. The molecule has 182 valence electrons. The van der Waals surface area contributed by atoms with Gasteiger partial charge in [0.1, 0.15) is 0 Å². The van der Waals surface area contributed by atoms with Crippen molar-refractivity contribution in [2.24, 2.45) is 11.8 Å². The number of amides is 1. The van der Waals surface area contributed by atoms with Crippen molar-refractivity contribution in [3.63, 3.8) is 0 Å². The minimum Gasteiger partial charge on any atom is -0.283 e. The molecule has 1 aromatic carbocycles. The van der Waals surface area contributed by atoms with E-state index in [9.17, 15) is 4.79 Å². The Morgan fingerprint density at radius 3 is 2.69 bits per heavy atom. The van der Waals surface area contributed by atoms with E-state index < -0.39 is 0 Å². The van der Waals surface area contributed by atoms with Gasteiger partial charge in [0.25, 0.3) is 5.91 Å². The molecule has 5 rings (SSSR count). The average Bonchev–Trinajstić information content (AvgIpc) is 3.58. The van der Waals surface area contributed by atoms with Crippen LogP contribution in [0.25, 0.3) is 16.3 Å². The molecule has 1 aliphatic carbocycles. The molecule has 0 bridgehead atoms. The fourth-order valence-electron chi connectivity index (χ4n) is 5.16. The van der Waals surface area contributed by atoms with Crippen LogP contribution in [0.5, 0.6) is 0 Å². The number of carbonyl (C=O) groups is 1. The largest absolute Gasteiger partial charge is 0.286 e. The Kier molecular flexibility index (Phi) is 7.22. The molecule has 3 heterocycles. The molecular weight excluding hydrogens is 499 g/mol. The highest BCUT2D eigenvalue weighted by molar-refractivity contribution is 7.16. The van der Waals surface area contributed by atoms with E-state index in [1.807, 2.05) is 25.1 Å². The number of nitrogens with zero attached hydrogens (tertiary/aromatic N) is 3. The molecular formula is C27H28Cl2N4OS. The first-order valence-electron chi connectivity index (χ1n) is 12.1. The molecule has 2 atom stereocenters. The Labute approximate surface area is 220 Å². The summed E-state index contributed by atoms with van der Waals surface area (Å²) in [5, 5.41) is 7.85.